The van der Waals surface area contributed by atoms with Gasteiger partial charge in [0.05, 0.1) is 29.9 Å². The minimum atomic E-state index is -0.502. The SMILES string of the molecule is O=C1c2cc3c(cc2-c2c1c1ccc(F)cc1c(=O)n2CCCN1CCOCC1)OCO3. The minimum absolute atomic E-state index is 0.0998. The summed E-state index contributed by atoms with van der Waals surface area (Å²) < 4.78 is 32.0. The van der Waals surface area contributed by atoms with Crippen LogP contribution in [-0.4, -0.2) is 54.9 Å². The quantitative estimate of drug-likeness (QED) is 0.490. The van der Waals surface area contributed by atoms with Gasteiger partial charge >= 0.3 is 0 Å². The number of fused-ring (bicyclic) bond motifs is 6. The van der Waals surface area contributed by atoms with Crippen LogP contribution in [0.25, 0.3) is 22.0 Å². The molecule has 0 bridgehead atoms. The highest BCUT2D eigenvalue weighted by Crippen LogP contribution is 2.45. The number of ether oxygens (including phenoxy) is 3. The molecule has 3 aliphatic rings. The Hall–Kier alpha value is -3.23. The fourth-order valence-electron chi connectivity index (χ4n) is 4.88. The number of ketones is 1. The predicted molar refractivity (Wildman–Crippen MR) is 115 cm³/mol. The Morgan fingerprint density at radius 3 is 2.44 bits per heavy atom. The molecule has 0 spiro atoms. The van der Waals surface area contributed by atoms with E-state index >= 15 is 0 Å². The van der Waals surface area contributed by atoms with E-state index in [-0.39, 0.29) is 23.5 Å². The second-order valence-corrected chi connectivity index (χ2v) is 8.26. The number of carbonyl (C=O) groups excluding carboxylic acids is 1. The van der Waals surface area contributed by atoms with E-state index in [0.717, 1.165) is 26.1 Å². The van der Waals surface area contributed by atoms with Crippen molar-refractivity contribution in [2.45, 2.75) is 13.0 Å². The molecule has 2 aliphatic heterocycles. The first-order chi connectivity index (χ1) is 15.6. The molecule has 1 saturated heterocycles. The zero-order valence-corrected chi connectivity index (χ0v) is 17.4. The van der Waals surface area contributed by atoms with Gasteiger partial charge in [0.15, 0.2) is 17.3 Å². The average molecular weight is 436 g/mol. The number of nitrogens with zero attached hydrogens (tertiary/aromatic N) is 2. The van der Waals surface area contributed by atoms with Crippen LogP contribution >= 0.6 is 0 Å². The van der Waals surface area contributed by atoms with E-state index in [1.165, 1.54) is 18.2 Å². The molecule has 0 radical (unpaired) electrons. The number of hydrogen-bond donors (Lipinski definition) is 0. The van der Waals surface area contributed by atoms with Crippen molar-refractivity contribution in [3.05, 3.63) is 57.6 Å². The van der Waals surface area contributed by atoms with Gasteiger partial charge in [-0.1, -0.05) is 6.07 Å². The third-order valence-electron chi connectivity index (χ3n) is 6.43. The van der Waals surface area contributed by atoms with Crippen LogP contribution < -0.4 is 15.0 Å². The molecule has 32 heavy (non-hydrogen) atoms. The topological polar surface area (TPSA) is 70.0 Å². The lowest BCUT2D eigenvalue weighted by Gasteiger charge is -2.26. The Balaban J connectivity index is 1.50. The summed E-state index contributed by atoms with van der Waals surface area (Å²) in [5.74, 6) is 0.377. The summed E-state index contributed by atoms with van der Waals surface area (Å²) in [6, 6.07) is 7.48. The maximum Gasteiger partial charge on any atom is 0.259 e. The fourth-order valence-corrected chi connectivity index (χ4v) is 4.88. The van der Waals surface area contributed by atoms with Crippen molar-refractivity contribution in [3.8, 4) is 22.8 Å². The molecule has 0 atom stereocenters. The van der Waals surface area contributed by atoms with E-state index in [1.54, 1.807) is 16.7 Å². The zero-order valence-electron chi connectivity index (χ0n) is 17.4. The first-order valence-electron chi connectivity index (χ1n) is 10.8. The third-order valence-corrected chi connectivity index (χ3v) is 6.43. The average Bonchev–Trinajstić information content (AvgIpc) is 3.38. The number of aromatic nitrogens is 1. The van der Waals surface area contributed by atoms with Crippen LogP contribution in [0.2, 0.25) is 0 Å². The molecule has 2 aromatic carbocycles. The number of morpholine rings is 1. The van der Waals surface area contributed by atoms with Crippen LogP contribution in [0, 0.1) is 5.82 Å². The van der Waals surface area contributed by atoms with Gasteiger partial charge in [0.2, 0.25) is 6.79 Å². The molecule has 1 aromatic heterocycles. The minimum Gasteiger partial charge on any atom is -0.454 e. The standard InChI is InChI=1S/C24H21FN2O5/c25-14-2-3-15-18(10-14)24(29)27(5-1-4-26-6-8-30-9-7-26)22-16-11-19-20(32-13-31-19)12-17(16)23(28)21(15)22/h2-3,10-12H,1,4-9,13H2. The van der Waals surface area contributed by atoms with E-state index in [2.05, 4.69) is 4.90 Å². The van der Waals surface area contributed by atoms with E-state index in [0.29, 0.717) is 59.0 Å². The summed E-state index contributed by atoms with van der Waals surface area (Å²) in [7, 11) is 0. The lowest BCUT2D eigenvalue weighted by molar-refractivity contribution is 0.0369. The summed E-state index contributed by atoms with van der Waals surface area (Å²) in [6.07, 6.45) is 0.723. The van der Waals surface area contributed by atoms with E-state index < -0.39 is 5.82 Å². The molecule has 0 N–H and O–H groups in total. The smallest absolute Gasteiger partial charge is 0.259 e. The Bertz CT molecular complexity index is 1330. The molecule has 3 heterocycles. The molecule has 7 nitrogen and oxygen atoms in total. The van der Waals surface area contributed by atoms with Crippen LogP contribution in [0.1, 0.15) is 22.3 Å². The van der Waals surface area contributed by atoms with E-state index in [4.69, 9.17) is 14.2 Å². The number of carbonyl (C=O) groups is 1. The van der Waals surface area contributed by atoms with Gasteiger partial charge in [-0.15, -0.1) is 0 Å². The Kier molecular flexibility index (Phi) is 4.51. The zero-order chi connectivity index (χ0) is 21.8. The summed E-state index contributed by atoms with van der Waals surface area (Å²) in [5.41, 5.74) is 1.85. The molecular weight excluding hydrogens is 415 g/mol. The van der Waals surface area contributed by atoms with Crippen LogP contribution in [0.3, 0.4) is 0 Å². The summed E-state index contributed by atoms with van der Waals surface area (Å²) >= 11 is 0. The van der Waals surface area contributed by atoms with E-state index in [1.807, 2.05) is 0 Å². The van der Waals surface area contributed by atoms with Crippen molar-refractivity contribution < 1.29 is 23.4 Å². The van der Waals surface area contributed by atoms with Gasteiger partial charge in [-0.05, 0) is 30.7 Å². The van der Waals surface area contributed by atoms with Crippen molar-refractivity contribution in [1.29, 1.82) is 0 Å². The molecule has 1 fully saturated rings. The van der Waals surface area contributed by atoms with Crippen molar-refractivity contribution in [1.82, 2.24) is 9.47 Å². The number of pyridine rings is 1. The normalized spacial score (nSPS) is 17.1. The number of halogens is 1. The number of hydrogen-bond acceptors (Lipinski definition) is 6. The highest BCUT2D eigenvalue weighted by atomic mass is 19.1. The van der Waals surface area contributed by atoms with Gasteiger partial charge in [0.25, 0.3) is 5.56 Å². The van der Waals surface area contributed by atoms with Gasteiger partial charge in [-0.25, -0.2) is 4.39 Å². The molecular formula is C24H21FN2O5. The maximum absolute atomic E-state index is 14.0. The van der Waals surface area contributed by atoms with Crippen molar-refractivity contribution in [3.63, 3.8) is 0 Å². The second-order valence-electron chi connectivity index (χ2n) is 8.26. The first kappa shape index (κ1) is 19.5. The lowest BCUT2D eigenvalue weighted by Crippen LogP contribution is -2.37. The second kappa shape index (κ2) is 7.43. The van der Waals surface area contributed by atoms with Gasteiger partial charge in [0, 0.05) is 42.7 Å². The van der Waals surface area contributed by atoms with Crippen LogP contribution in [0.4, 0.5) is 4.39 Å². The molecule has 0 saturated carbocycles. The molecule has 8 heteroatoms. The van der Waals surface area contributed by atoms with Gasteiger partial charge in [-0.2, -0.15) is 0 Å². The van der Waals surface area contributed by atoms with Crippen molar-refractivity contribution >= 4 is 16.6 Å². The third kappa shape index (κ3) is 2.94. The number of benzene rings is 2. The first-order valence-corrected chi connectivity index (χ1v) is 10.8. The molecule has 6 rings (SSSR count). The van der Waals surface area contributed by atoms with Crippen molar-refractivity contribution in [2.75, 3.05) is 39.6 Å². The molecule has 3 aromatic rings. The van der Waals surface area contributed by atoms with Crippen LogP contribution in [-0.2, 0) is 11.3 Å². The van der Waals surface area contributed by atoms with Gasteiger partial charge < -0.3 is 18.8 Å². The number of rotatable bonds is 4. The van der Waals surface area contributed by atoms with Crippen LogP contribution in [0.5, 0.6) is 11.5 Å². The molecule has 164 valence electrons. The van der Waals surface area contributed by atoms with E-state index in [9.17, 15) is 14.0 Å². The highest BCUT2D eigenvalue weighted by molar-refractivity contribution is 6.27. The molecule has 1 aliphatic carbocycles. The molecule has 0 amide bonds. The molecule has 0 unspecified atom stereocenters. The summed E-state index contributed by atoms with van der Waals surface area (Å²) in [6.45, 7) is 4.48. The Labute approximate surface area is 182 Å². The van der Waals surface area contributed by atoms with Crippen molar-refractivity contribution in [2.24, 2.45) is 0 Å². The Morgan fingerprint density at radius 2 is 1.66 bits per heavy atom. The van der Waals surface area contributed by atoms with Gasteiger partial charge in [-0.3, -0.25) is 14.5 Å². The summed E-state index contributed by atoms with van der Waals surface area (Å²) in [4.78, 5) is 29.2. The highest BCUT2D eigenvalue weighted by Gasteiger charge is 2.35. The maximum atomic E-state index is 14.0. The van der Waals surface area contributed by atoms with Gasteiger partial charge in [0.1, 0.15) is 5.82 Å². The summed E-state index contributed by atoms with van der Waals surface area (Å²) in [5, 5.41) is 0.690. The predicted octanol–water partition coefficient (Wildman–Crippen LogP) is 2.80. The largest absolute Gasteiger partial charge is 0.454 e. The Morgan fingerprint density at radius 1 is 0.906 bits per heavy atom. The lowest BCUT2D eigenvalue weighted by atomic mass is 10.0. The van der Waals surface area contributed by atoms with Crippen LogP contribution in [0.15, 0.2) is 35.1 Å². The fraction of sp³-hybridized carbons (Fsp3) is 0.333. The monoisotopic (exact) mass is 436 g/mol.